The third kappa shape index (κ3) is 4.07. The number of nitrogens with one attached hydrogen (secondary N) is 1. The van der Waals surface area contributed by atoms with Crippen LogP contribution in [-0.4, -0.2) is 34.2 Å². The highest BCUT2D eigenvalue weighted by molar-refractivity contribution is 5.81. The first kappa shape index (κ1) is 19.8. The Morgan fingerprint density at radius 1 is 0.933 bits per heavy atom. The molecule has 6 nitrogen and oxygen atoms in total. The molecule has 0 saturated carbocycles. The summed E-state index contributed by atoms with van der Waals surface area (Å²) in [6.07, 6.45) is 5.79. The van der Waals surface area contributed by atoms with Gasteiger partial charge in [0.1, 0.15) is 17.2 Å². The average molecular weight is 410 g/mol. The van der Waals surface area contributed by atoms with Gasteiger partial charge in [-0.1, -0.05) is 6.07 Å². The topological polar surface area (TPSA) is 72.9 Å². The number of aromatic nitrogens is 4. The van der Waals surface area contributed by atoms with Crippen molar-refractivity contribution in [1.29, 1.82) is 0 Å². The standard InChI is InChI=1S/C22H20F2N4O2/c1-29-18-9-19-15(10-25-21(19)26-12-18)7-13-3-5-17(28-20(13)24)6-4-14-8-16(23)11-27-22(14)30-2/h3,5,8-12H,4,6-7H2,1-2H3,(H,25,26). The van der Waals surface area contributed by atoms with Crippen LogP contribution >= 0.6 is 0 Å². The average Bonchev–Trinajstić information content (AvgIpc) is 3.16. The maximum absolute atomic E-state index is 14.7. The van der Waals surface area contributed by atoms with Crippen LogP contribution in [0.15, 0.2) is 42.9 Å². The molecule has 1 N–H and O–H groups in total. The molecule has 4 aromatic rings. The van der Waals surface area contributed by atoms with Crippen LogP contribution in [0.1, 0.15) is 22.4 Å². The number of halogens is 2. The zero-order chi connectivity index (χ0) is 21.1. The van der Waals surface area contributed by atoms with Crippen molar-refractivity contribution in [2.45, 2.75) is 19.3 Å². The van der Waals surface area contributed by atoms with Gasteiger partial charge < -0.3 is 14.5 Å². The molecule has 4 rings (SSSR count). The van der Waals surface area contributed by atoms with Gasteiger partial charge in [-0.15, -0.1) is 0 Å². The van der Waals surface area contributed by atoms with Crippen molar-refractivity contribution in [1.82, 2.24) is 19.9 Å². The number of rotatable bonds is 7. The fourth-order valence-electron chi connectivity index (χ4n) is 3.37. The molecule has 0 bridgehead atoms. The van der Waals surface area contributed by atoms with Gasteiger partial charge in [-0.05, 0) is 36.6 Å². The number of hydrogen-bond donors (Lipinski definition) is 1. The molecule has 0 fully saturated rings. The van der Waals surface area contributed by atoms with Gasteiger partial charge in [0.05, 0.1) is 26.6 Å². The van der Waals surface area contributed by atoms with E-state index < -0.39 is 11.8 Å². The smallest absolute Gasteiger partial charge is 0.216 e. The molecule has 0 aromatic carbocycles. The van der Waals surface area contributed by atoms with Crippen LogP contribution in [0, 0.1) is 11.8 Å². The highest BCUT2D eigenvalue weighted by Gasteiger charge is 2.13. The second-order valence-electron chi connectivity index (χ2n) is 6.84. The van der Waals surface area contributed by atoms with E-state index in [9.17, 15) is 8.78 Å². The van der Waals surface area contributed by atoms with Crippen molar-refractivity contribution in [2.75, 3.05) is 14.2 Å². The maximum Gasteiger partial charge on any atom is 0.216 e. The molecule has 0 aliphatic heterocycles. The molecule has 0 amide bonds. The van der Waals surface area contributed by atoms with E-state index in [1.807, 2.05) is 12.3 Å². The second kappa shape index (κ2) is 8.44. The predicted molar refractivity (Wildman–Crippen MR) is 108 cm³/mol. The van der Waals surface area contributed by atoms with Gasteiger partial charge in [-0.2, -0.15) is 4.39 Å². The van der Waals surface area contributed by atoms with Gasteiger partial charge in [0.25, 0.3) is 0 Å². The quantitative estimate of drug-likeness (QED) is 0.466. The normalized spacial score (nSPS) is 11.1. The largest absolute Gasteiger partial charge is 0.495 e. The summed E-state index contributed by atoms with van der Waals surface area (Å²) in [4.78, 5) is 15.4. The first-order valence-corrected chi connectivity index (χ1v) is 9.40. The van der Waals surface area contributed by atoms with Crippen LogP contribution in [0.5, 0.6) is 11.6 Å². The molecule has 0 atom stereocenters. The van der Waals surface area contributed by atoms with E-state index in [0.717, 1.165) is 17.1 Å². The number of ether oxygens (including phenoxy) is 2. The number of hydrogen-bond acceptors (Lipinski definition) is 5. The Morgan fingerprint density at radius 3 is 2.57 bits per heavy atom. The van der Waals surface area contributed by atoms with Crippen molar-refractivity contribution in [3.63, 3.8) is 0 Å². The van der Waals surface area contributed by atoms with Crippen molar-refractivity contribution in [2.24, 2.45) is 0 Å². The van der Waals surface area contributed by atoms with Crippen LogP contribution in [0.2, 0.25) is 0 Å². The molecule has 4 heterocycles. The molecule has 30 heavy (non-hydrogen) atoms. The van der Waals surface area contributed by atoms with E-state index in [1.165, 1.54) is 13.2 Å². The lowest BCUT2D eigenvalue weighted by Crippen LogP contribution is -2.03. The number of pyridine rings is 3. The van der Waals surface area contributed by atoms with Crippen LogP contribution in [-0.2, 0) is 19.3 Å². The van der Waals surface area contributed by atoms with E-state index in [2.05, 4.69) is 19.9 Å². The summed E-state index contributed by atoms with van der Waals surface area (Å²) in [5, 5.41) is 0.878. The lowest BCUT2D eigenvalue weighted by Gasteiger charge is -2.08. The highest BCUT2D eigenvalue weighted by atomic mass is 19.1. The zero-order valence-electron chi connectivity index (χ0n) is 16.6. The Hall–Kier alpha value is -3.55. The maximum atomic E-state index is 14.7. The minimum atomic E-state index is -0.526. The molecule has 0 saturated heterocycles. The van der Waals surface area contributed by atoms with E-state index in [1.54, 1.807) is 25.4 Å². The first-order valence-electron chi connectivity index (χ1n) is 9.40. The Labute approximate surface area is 171 Å². The molecule has 0 radical (unpaired) electrons. The third-order valence-electron chi connectivity index (χ3n) is 4.93. The van der Waals surface area contributed by atoms with Crippen LogP contribution in [0.25, 0.3) is 11.0 Å². The molecule has 0 spiro atoms. The number of nitrogens with zero attached hydrogens (tertiary/aromatic N) is 3. The van der Waals surface area contributed by atoms with Crippen molar-refractivity contribution < 1.29 is 18.3 Å². The Bertz CT molecular complexity index is 1190. The molecule has 154 valence electrons. The summed E-state index contributed by atoms with van der Waals surface area (Å²) in [7, 11) is 3.05. The first-order chi connectivity index (χ1) is 14.6. The van der Waals surface area contributed by atoms with Crippen molar-refractivity contribution in [3.8, 4) is 11.6 Å². The number of aryl methyl sites for hydroxylation is 2. The summed E-state index contributed by atoms with van der Waals surface area (Å²) in [5.41, 5.74) is 3.29. The van der Waals surface area contributed by atoms with Crippen molar-refractivity contribution in [3.05, 3.63) is 77.0 Å². The van der Waals surface area contributed by atoms with Gasteiger partial charge in [-0.25, -0.2) is 19.3 Å². The molecule has 0 aliphatic rings. The fraction of sp³-hybridized carbons (Fsp3) is 0.227. The Kier molecular flexibility index (Phi) is 5.56. The summed E-state index contributed by atoms with van der Waals surface area (Å²) >= 11 is 0. The third-order valence-corrected chi connectivity index (χ3v) is 4.93. The Morgan fingerprint density at radius 2 is 1.80 bits per heavy atom. The van der Waals surface area contributed by atoms with Gasteiger partial charge in [0.2, 0.25) is 11.8 Å². The number of methoxy groups -OCH3 is 2. The number of fused-ring (bicyclic) bond motifs is 1. The lowest BCUT2D eigenvalue weighted by atomic mass is 10.0. The minimum absolute atomic E-state index is 0.358. The van der Waals surface area contributed by atoms with Gasteiger partial charge in [0.15, 0.2) is 0 Å². The molecular formula is C22H20F2N4O2. The predicted octanol–water partition coefficient (Wildman–Crippen LogP) is 4.02. The monoisotopic (exact) mass is 410 g/mol. The van der Waals surface area contributed by atoms with Gasteiger partial charge >= 0.3 is 0 Å². The van der Waals surface area contributed by atoms with Crippen LogP contribution in [0.4, 0.5) is 8.78 Å². The van der Waals surface area contributed by atoms with Crippen molar-refractivity contribution >= 4 is 11.0 Å². The molecule has 4 aromatic heterocycles. The molecule has 8 heteroatoms. The van der Waals surface area contributed by atoms with E-state index in [4.69, 9.17) is 9.47 Å². The van der Waals surface area contributed by atoms with Gasteiger partial charge in [0, 0.05) is 34.8 Å². The van der Waals surface area contributed by atoms with E-state index in [0.29, 0.717) is 53.4 Å². The summed E-state index contributed by atoms with van der Waals surface area (Å²) in [6.45, 7) is 0. The van der Waals surface area contributed by atoms with E-state index in [-0.39, 0.29) is 0 Å². The lowest BCUT2D eigenvalue weighted by molar-refractivity contribution is 0.390. The van der Waals surface area contributed by atoms with Crippen LogP contribution in [0.3, 0.4) is 0 Å². The number of aromatic amines is 1. The van der Waals surface area contributed by atoms with Crippen LogP contribution < -0.4 is 9.47 Å². The van der Waals surface area contributed by atoms with Gasteiger partial charge in [-0.3, -0.25) is 0 Å². The second-order valence-corrected chi connectivity index (χ2v) is 6.84. The summed E-state index contributed by atoms with van der Waals surface area (Å²) in [5.74, 6) is 0.0311. The SMILES string of the molecule is COc1cnc2[nH]cc(Cc3ccc(CCc4cc(F)cnc4OC)nc3F)c2c1. The summed E-state index contributed by atoms with van der Waals surface area (Å²) < 4.78 is 38.5. The number of H-pyrrole nitrogens is 1. The fourth-order valence-corrected chi connectivity index (χ4v) is 3.37. The molecule has 0 aliphatic carbocycles. The minimum Gasteiger partial charge on any atom is -0.495 e. The van der Waals surface area contributed by atoms with E-state index >= 15 is 0 Å². The zero-order valence-corrected chi connectivity index (χ0v) is 16.6. The summed E-state index contributed by atoms with van der Waals surface area (Å²) in [6, 6.07) is 6.75. The Balaban J connectivity index is 1.51. The highest BCUT2D eigenvalue weighted by Crippen LogP contribution is 2.24. The molecule has 0 unspecified atom stereocenters. The molecular weight excluding hydrogens is 390 g/mol.